The zero-order chi connectivity index (χ0) is 20.8. The van der Waals surface area contributed by atoms with E-state index in [9.17, 15) is 4.79 Å². The molecule has 29 heavy (non-hydrogen) atoms. The molecule has 1 heterocycles. The Kier molecular flexibility index (Phi) is 6.82. The summed E-state index contributed by atoms with van der Waals surface area (Å²) in [6.45, 7) is 3.66. The molecule has 0 saturated carbocycles. The van der Waals surface area contributed by atoms with Gasteiger partial charge in [-0.2, -0.15) is 0 Å². The van der Waals surface area contributed by atoms with Gasteiger partial charge in [0.1, 0.15) is 5.75 Å². The van der Waals surface area contributed by atoms with Gasteiger partial charge in [0, 0.05) is 43.9 Å². The molecule has 7 nitrogen and oxygen atoms in total. The van der Waals surface area contributed by atoms with Gasteiger partial charge in [-0.05, 0) is 30.3 Å². The molecule has 156 valence electrons. The van der Waals surface area contributed by atoms with Crippen LogP contribution in [0.4, 0.5) is 0 Å². The molecule has 2 aromatic rings. The number of carbonyl (C=O) groups is 1. The molecule has 0 aliphatic carbocycles. The quantitative estimate of drug-likeness (QED) is 0.712. The van der Waals surface area contributed by atoms with Gasteiger partial charge in [-0.15, -0.1) is 0 Å². The minimum absolute atomic E-state index is 0.0519. The topological polar surface area (TPSA) is 60.5 Å². The molecule has 7 heteroatoms. The van der Waals surface area contributed by atoms with Crippen LogP contribution in [0.3, 0.4) is 0 Å². The largest absolute Gasteiger partial charge is 0.497 e. The molecule has 0 N–H and O–H groups in total. The van der Waals surface area contributed by atoms with Crippen molar-refractivity contribution in [2.45, 2.75) is 6.54 Å². The Labute approximate surface area is 171 Å². The molecular weight excluding hydrogens is 372 g/mol. The molecule has 3 rings (SSSR count). The summed E-state index contributed by atoms with van der Waals surface area (Å²) in [6, 6.07) is 11.1. The van der Waals surface area contributed by atoms with Crippen LogP contribution >= 0.6 is 0 Å². The molecule has 0 atom stereocenters. The van der Waals surface area contributed by atoms with Crippen LogP contribution in [0.25, 0.3) is 0 Å². The SMILES string of the molecule is COc1ccc(C(=O)N2CCN(Cc3ccc(OC)c(OC)c3OC)CC2)cc1. The molecule has 2 aromatic carbocycles. The van der Waals surface area contributed by atoms with Crippen molar-refractivity contribution in [2.75, 3.05) is 54.6 Å². The van der Waals surface area contributed by atoms with E-state index in [0.717, 1.165) is 24.4 Å². The first kappa shape index (κ1) is 20.8. The van der Waals surface area contributed by atoms with Crippen molar-refractivity contribution in [1.29, 1.82) is 0 Å². The van der Waals surface area contributed by atoms with Crippen LogP contribution in [0.5, 0.6) is 23.0 Å². The maximum absolute atomic E-state index is 12.7. The second kappa shape index (κ2) is 9.52. The van der Waals surface area contributed by atoms with E-state index in [-0.39, 0.29) is 5.91 Å². The van der Waals surface area contributed by atoms with Crippen molar-refractivity contribution in [3.63, 3.8) is 0 Å². The predicted octanol–water partition coefficient (Wildman–Crippen LogP) is 2.68. The van der Waals surface area contributed by atoms with Gasteiger partial charge in [-0.3, -0.25) is 9.69 Å². The summed E-state index contributed by atoms with van der Waals surface area (Å²) >= 11 is 0. The van der Waals surface area contributed by atoms with E-state index in [0.29, 0.717) is 42.4 Å². The van der Waals surface area contributed by atoms with Crippen LogP contribution in [-0.2, 0) is 6.54 Å². The average molecular weight is 400 g/mol. The van der Waals surface area contributed by atoms with Crippen LogP contribution in [-0.4, -0.2) is 70.3 Å². The lowest BCUT2D eigenvalue weighted by molar-refractivity contribution is 0.0627. The van der Waals surface area contributed by atoms with Crippen molar-refractivity contribution in [2.24, 2.45) is 0 Å². The number of amides is 1. The fraction of sp³-hybridized carbons (Fsp3) is 0.409. The van der Waals surface area contributed by atoms with Crippen LogP contribution in [0.15, 0.2) is 36.4 Å². The number of carbonyl (C=O) groups excluding carboxylic acids is 1. The molecule has 1 fully saturated rings. The van der Waals surface area contributed by atoms with Crippen molar-refractivity contribution in [3.8, 4) is 23.0 Å². The molecule has 1 aliphatic rings. The highest BCUT2D eigenvalue weighted by Gasteiger charge is 2.24. The maximum Gasteiger partial charge on any atom is 0.253 e. The Morgan fingerprint density at radius 1 is 0.793 bits per heavy atom. The number of piperazine rings is 1. The second-order valence-electron chi connectivity index (χ2n) is 6.79. The normalized spacial score (nSPS) is 14.4. The summed E-state index contributed by atoms with van der Waals surface area (Å²) < 4.78 is 21.6. The minimum atomic E-state index is 0.0519. The number of methoxy groups -OCH3 is 4. The molecule has 1 amide bonds. The number of benzene rings is 2. The predicted molar refractivity (Wildman–Crippen MR) is 110 cm³/mol. The Balaban J connectivity index is 1.63. The number of ether oxygens (including phenoxy) is 4. The van der Waals surface area contributed by atoms with E-state index in [1.165, 1.54) is 0 Å². The first-order chi connectivity index (χ1) is 14.1. The van der Waals surface area contributed by atoms with Crippen molar-refractivity contribution < 1.29 is 23.7 Å². The molecule has 0 radical (unpaired) electrons. The van der Waals surface area contributed by atoms with E-state index >= 15 is 0 Å². The number of hydrogen-bond donors (Lipinski definition) is 0. The first-order valence-electron chi connectivity index (χ1n) is 9.54. The zero-order valence-corrected chi connectivity index (χ0v) is 17.4. The van der Waals surface area contributed by atoms with E-state index in [2.05, 4.69) is 4.90 Å². The molecule has 1 saturated heterocycles. The van der Waals surface area contributed by atoms with Gasteiger partial charge < -0.3 is 23.8 Å². The van der Waals surface area contributed by atoms with Gasteiger partial charge in [-0.1, -0.05) is 6.07 Å². The maximum atomic E-state index is 12.7. The van der Waals surface area contributed by atoms with Gasteiger partial charge in [-0.25, -0.2) is 0 Å². The van der Waals surface area contributed by atoms with Crippen molar-refractivity contribution in [1.82, 2.24) is 9.80 Å². The highest BCUT2D eigenvalue weighted by molar-refractivity contribution is 5.94. The fourth-order valence-corrected chi connectivity index (χ4v) is 3.55. The van der Waals surface area contributed by atoms with Gasteiger partial charge in [0.25, 0.3) is 5.91 Å². The lowest BCUT2D eigenvalue weighted by Crippen LogP contribution is -2.48. The Hall–Kier alpha value is -2.93. The number of hydrogen-bond acceptors (Lipinski definition) is 6. The lowest BCUT2D eigenvalue weighted by Gasteiger charge is -2.35. The highest BCUT2D eigenvalue weighted by atomic mass is 16.5. The summed E-state index contributed by atoms with van der Waals surface area (Å²) in [4.78, 5) is 16.9. The molecule has 0 bridgehead atoms. The molecule has 1 aliphatic heterocycles. The Bertz CT molecular complexity index is 830. The summed E-state index contributed by atoms with van der Waals surface area (Å²) in [6.07, 6.45) is 0. The highest BCUT2D eigenvalue weighted by Crippen LogP contribution is 2.40. The van der Waals surface area contributed by atoms with Crippen LogP contribution < -0.4 is 18.9 Å². The van der Waals surface area contributed by atoms with Crippen LogP contribution in [0, 0.1) is 0 Å². The third-order valence-electron chi connectivity index (χ3n) is 5.18. The molecule has 0 spiro atoms. The molecular formula is C22H28N2O5. The van der Waals surface area contributed by atoms with E-state index in [4.69, 9.17) is 18.9 Å². The lowest BCUT2D eigenvalue weighted by atomic mass is 10.1. The fourth-order valence-electron chi connectivity index (χ4n) is 3.55. The first-order valence-corrected chi connectivity index (χ1v) is 9.54. The van der Waals surface area contributed by atoms with Crippen molar-refractivity contribution in [3.05, 3.63) is 47.5 Å². The van der Waals surface area contributed by atoms with Crippen molar-refractivity contribution >= 4 is 5.91 Å². The molecule has 0 aromatic heterocycles. The van der Waals surface area contributed by atoms with E-state index in [1.807, 2.05) is 41.3 Å². The van der Waals surface area contributed by atoms with Gasteiger partial charge in [0.05, 0.1) is 28.4 Å². The summed E-state index contributed by atoms with van der Waals surface area (Å²) in [5.74, 6) is 2.72. The standard InChI is InChI=1S/C22H28N2O5/c1-26-18-8-5-16(6-9-18)22(25)24-13-11-23(12-14-24)15-17-7-10-19(27-2)21(29-4)20(17)28-3/h5-10H,11-15H2,1-4H3. The zero-order valence-electron chi connectivity index (χ0n) is 17.4. The Morgan fingerprint density at radius 3 is 2.00 bits per heavy atom. The minimum Gasteiger partial charge on any atom is -0.497 e. The second-order valence-corrected chi connectivity index (χ2v) is 6.79. The summed E-state index contributed by atoms with van der Waals surface area (Å²) in [5, 5.41) is 0. The third-order valence-corrected chi connectivity index (χ3v) is 5.18. The smallest absolute Gasteiger partial charge is 0.253 e. The van der Waals surface area contributed by atoms with E-state index < -0.39 is 0 Å². The third kappa shape index (κ3) is 4.56. The monoisotopic (exact) mass is 400 g/mol. The van der Waals surface area contributed by atoms with Gasteiger partial charge >= 0.3 is 0 Å². The summed E-state index contributed by atoms with van der Waals surface area (Å²) in [7, 11) is 6.46. The number of rotatable bonds is 7. The summed E-state index contributed by atoms with van der Waals surface area (Å²) in [5.41, 5.74) is 1.71. The average Bonchev–Trinajstić information content (AvgIpc) is 2.78. The van der Waals surface area contributed by atoms with Gasteiger partial charge in [0.2, 0.25) is 5.75 Å². The van der Waals surface area contributed by atoms with E-state index in [1.54, 1.807) is 28.4 Å². The van der Waals surface area contributed by atoms with Gasteiger partial charge in [0.15, 0.2) is 11.5 Å². The Morgan fingerprint density at radius 2 is 1.45 bits per heavy atom. The number of nitrogens with zero attached hydrogens (tertiary/aromatic N) is 2. The van der Waals surface area contributed by atoms with Crippen LogP contribution in [0.2, 0.25) is 0 Å². The molecule has 0 unspecified atom stereocenters. The van der Waals surface area contributed by atoms with Crippen LogP contribution in [0.1, 0.15) is 15.9 Å².